The highest BCUT2D eigenvalue weighted by molar-refractivity contribution is 7.17. The first-order valence-electron chi connectivity index (χ1n) is 6.71. The van der Waals surface area contributed by atoms with Crippen LogP contribution in [0.15, 0.2) is 16.8 Å². The monoisotopic (exact) mass is 321 g/mol. The second-order valence-corrected chi connectivity index (χ2v) is 6.65. The molecule has 0 aromatic carbocycles. The van der Waals surface area contributed by atoms with Gasteiger partial charge in [-0.15, -0.1) is 11.3 Å². The molecule has 3 heterocycles. The van der Waals surface area contributed by atoms with Gasteiger partial charge in [-0.05, 0) is 24.8 Å². The Bertz CT molecular complexity index is 664. The van der Waals surface area contributed by atoms with Gasteiger partial charge in [-0.25, -0.2) is 4.98 Å². The summed E-state index contributed by atoms with van der Waals surface area (Å²) in [6, 6.07) is 2.00. The van der Waals surface area contributed by atoms with E-state index in [1.165, 1.54) is 11.3 Å². The van der Waals surface area contributed by atoms with E-state index in [4.69, 9.17) is 0 Å². The van der Waals surface area contributed by atoms with Gasteiger partial charge in [0.15, 0.2) is 0 Å². The van der Waals surface area contributed by atoms with Crippen LogP contribution in [0.25, 0.3) is 10.6 Å². The summed E-state index contributed by atoms with van der Waals surface area (Å²) in [4.78, 5) is 30.9. The molecule has 1 fully saturated rings. The van der Waals surface area contributed by atoms with Crippen molar-refractivity contribution in [1.29, 1.82) is 0 Å². The maximum absolute atomic E-state index is 12.6. The number of rotatable bonds is 2. The number of aromatic nitrogens is 1. The fourth-order valence-electron chi connectivity index (χ4n) is 2.23. The van der Waals surface area contributed by atoms with Crippen molar-refractivity contribution in [2.75, 3.05) is 19.6 Å². The number of amides is 2. The van der Waals surface area contributed by atoms with Crippen LogP contribution in [-0.2, 0) is 4.79 Å². The highest BCUT2D eigenvalue weighted by atomic mass is 32.1. The molecule has 0 aliphatic carbocycles. The lowest BCUT2D eigenvalue weighted by molar-refractivity contribution is -0.121. The summed E-state index contributed by atoms with van der Waals surface area (Å²) in [6.07, 6.45) is 0.784. The fourth-order valence-corrected chi connectivity index (χ4v) is 3.97. The van der Waals surface area contributed by atoms with Crippen LogP contribution in [0.3, 0.4) is 0 Å². The largest absolute Gasteiger partial charge is 0.354 e. The maximum atomic E-state index is 12.6. The lowest BCUT2D eigenvalue weighted by Gasteiger charge is -2.18. The van der Waals surface area contributed by atoms with E-state index < -0.39 is 0 Å². The van der Waals surface area contributed by atoms with Gasteiger partial charge in [0.1, 0.15) is 9.88 Å². The van der Waals surface area contributed by atoms with E-state index in [0.29, 0.717) is 18.0 Å². The van der Waals surface area contributed by atoms with Crippen molar-refractivity contribution in [3.05, 3.63) is 27.4 Å². The van der Waals surface area contributed by atoms with Crippen molar-refractivity contribution in [1.82, 2.24) is 15.2 Å². The SMILES string of the molecule is Cc1nc(-c2ccsc2)sc1C(=O)N1CCCNC(=O)C1. The summed E-state index contributed by atoms with van der Waals surface area (Å²) >= 11 is 3.01. The Balaban J connectivity index is 1.86. The number of thiazole rings is 1. The Morgan fingerprint density at radius 1 is 1.48 bits per heavy atom. The second-order valence-electron chi connectivity index (χ2n) is 4.88. The number of carbonyl (C=O) groups is 2. The van der Waals surface area contributed by atoms with Crippen molar-refractivity contribution in [2.24, 2.45) is 0 Å². The van der Waals surface area contributed by atoms with Crippen LogP contribution >= 0.6 is 22.7 Å². The Kier molecular flexibility index (Phi) is 4.03. The Morgan fingerprint density at radius 3 is 3.10 bits per heavy atom. The molecule has 0 saturated carbocycles. The Morgan fingerprint density at radius 2 is 2.33 bits per heavy atom. The van der Waals surface area contributed by atoms with Gasteiger partial charge in [0.25, 0.3) is 5.91 Å². The molecule has 0 bridgehead atoms. The highest BCUT2D eigenvalue weighted by Gasteiger charge is 2.25. The average molecular weight is 321 g/mol. The molecule has 5 nitrogen and oxygen atoms in total. The minimum Gasteiger partial charge on any atom is -0.354 e. The molecule has 0 radical (unpaired) electrons. The molecule has 1 saturated heterocycles. The normalized spacial score (nSPS) is 15.7. The van der Waals surface area contributed by atoms with E-state index in [1.807, 2.05) is 23.8 Å². The molecule has 0 spiro atoms. The first-order chi connectivity index (χ1) is 10.1. The fraction of sp³-hybridized carbons (Fsp3) is 0.357. The third kappa shape index (κ3) is 2.98. The highest BCUT2D eigenvalue weighted by Crippen LogP contribution is 2.30. The molecular weight excluding hydrogens is 306 g/mol. The number of aryl methyl sites for hydroxylation is 1. The van der Waals surface area contributed by atoms with E-state index in [0.717, 1.165) is 22.7 Å². The molecule has 1 aliphatic rings. The number of nitrogens with one attached hydrogen (secondary N) is 1. The molecule has 1 aliphatic heterocycles. The van der Waals surface area contributed by atoms with Gasteiger partial charge in [0.2, 0.25) is 5.91 Å². The van der Waals surface area contributed by atoms with Crippen LogP contribution < -0.4 is 5.32 Å². The van der Waals surface area contributed by atoms with Gasteiger partial charge in [-0.2, -0.15) is 11.3 Å². The minimum absolute atomic E-state index is 0.0940. The summed E-state index contributed by atoms with van der Waals surface area (Å²) in [5.74, 6) is -0.190. The predicted octanol–water partition coefficient (Wildman–Crippen LogP) is 2.14. The van der Waals surface area contributed by atoms with Gasteiger partial charge >= 0.3 is 0 Å². The van der Waals surface area contributed by atoms with Crippen LogP contribution in [0.2, 0.25) is 0 Å². The Labute approximate surface area is 130 Å². The topological polar surface area (TPSA) is 62.3 Å². The molecule has 0 unspecified atom stereocenters. The van der Waals surface area contributed by atoms with Crippen LogP contribution in [0.1, 0.15) is 21.8 Å². The molecule has 2 aromatic heterocycles. The van der Waals surface area contributed by atoms with Crippen molar-refractivity contribution in [3.63, 3.8) is 0 Å². The van der Waals surface area contributed by atoms with Gasteiger partial charge < -0.3 is 10.2 Å². The smallest absolute Gasteiger partial charge is 0.266 e. The minimum atomic E-state index is -0.0962. The van der Waals surface area contributed by atoms with E-state index in [-0.39, 0.29) is 18.4 Å². The first-order valence-corrected chi connectivity index (χ1v) is 8.47. The lowest BCUT2D eigenvalue weighted by atomic mass is 10.3. The quantitative estimate of drug-likeness (QED) is 0.922. The molecule has 110 valence electrons. The molecule has 0 atom stereocenters. The molecule has 7 heteroatoms. The molecule has 21 heavy (non-hydrogen) atoms. The standard InChI is InChI=1S/C14H15N3O2S2/c1-9-12(21-13(16-9)10-3-6-20-8-10)14(19)17-5-2-4-15-11(18)7-17/h3,6,8H,2,4-5,7H2,1H3,(H,15,18). The van der Waals surface area contributed by atoms with Crippen molar-refractivity contribution >= 4 is 34.5 Å². The van der Waals surface area contributed by atoms with Crippen molar-refractivity contribution < 1.29 is 9.59 Å². The van der Waals surface area contributed by atoms with E-state index in [2.05, 4.69) is 10.3 Å². The third-order valence-corrected chi connectivity index (χ3v) is 5.19. The summed E-state index contributed by atoms with van der Waals surface area (Å²) in [5.41, 5.74) is 1.77. The van der Waals surface area contributed by atoms with Gasteiger partial charge in [-0.1, -0.05) is 0 Å². The van der Waals surface area contributed by atoms with Crippen molar-refractivity contribution in [2.45, 2.75) is 13.3 Å². The number of carbonyl (C=O) groups excluding carboxylic acids is 2. The zero-order valence-corrected chi connectivity index (χ0v) is 13.2. The summed E-state index contributed by atoms with van der Waals surface area (Å²) in [7, 11) is 0. The predicted molar refractivity (Wildman–Crippen MR) is 83.7 cm³/mol. The maximum Gasteiger partial charge on any atom is 0.266 e. The number of nitrogens with zero attached hydrogens (tertiary/aromatic N) is 2. The van der Waals surface area contributed by atoms with Crippen LogP contribution in [0.5, 0.6) is 0 Å². The lowest BCUT2D eigenvalue weighted by Crippen LogP contribution is -2.37. The molecular formula is C14H15N3O2S2. The zero-order valence-electron chi connectivity index (χ0n) is 11.6. The first kappa shape index (κ1) is 14.2. The molecule has 3 rings (SSSR count). The summed E-state index contributed by atoms with van der Waals surface area (Å²) in [5, 5.41) is 7.65. The van der Waals surface area contributed by atoms with Crippen molar-refractivity contribution in [3.8, 4) is 10.6 Å². The van der Waals surface area contributed by atoms with E-state index in [1.54, 1.807) is 16.2 Å². The summed E-state index contributed by atoms with van der Waals surface area (Å²) < 4.78 is 0. The summed E-state index contributed by atoms with van der Waals surface area (Å²) in [6.45, 7) is 3.20. The number of hydrogen-bond donors (Lipinski definition) is 1. The number of hydrogen-bond acceptors (Lipinski definition) is 5. The van der Waals surface area contributed by atoms with E-state index >= 15 is 0 Å². The van der Waals surface area contributed by atoms with Gasteiger partial charge in [0, 0.05) is 24.0 Å². The van der Waals surface area contributed by atoms with E-state index in [9.17, 15) is 9.59 Å². The number of thiophene rings is 1. The van der Waals surface area contributed by atoms with Gasteiger partial charge in [-0.3, -0.25) is 9.59 Å². The van der Waals surface area contributed by atoms with Gasteiger partial charge in [0.05, 0.1) is 12.2 Å². The van der Waals surface area contributed by atoms with Crippen LogP contribution in [0, 0.1) is 6.92 Å². The molecule has 2 aromatic rings. The second kappa shape index (κ2) is 5.95. The van der Waals surface area contributed by atoms with Crippen LogP contribution in [0.4, 0.5) is 0 Å². The third-order valence-electron chi connectivity index (χ3n) is 3.31. The molecule has 1 N–H and O–H groups in total. The zero-order chi connectivity index (χ0) is 14.8. The Hall–Kier alpha value is -1.73. The molecule has 2 amide bonds. The average Bonchev–Trinajstić information content (AvgIpc) is 3.05. The van der Waals surface area contributed by atoms with Crippen LogP contribution in [-0.4, -0.2) is 41.3 Å².